The van der Waals surface area contributed by atoms with Gasteiger partial charge >= 0.3 is 6.61 Å². The molecule has 0 aliphatic carbocycles. The number of hydrogen-bond donors (Lipinski definition) is 2. The minimum absolute atomic E-state index is 0.0156. The maximum Gasteiger partial charge on any atom is 0.387 e. The summed E-state index contributed by atoms with van der Waals surface area (Å²) in [6, 6.07) is 7.07. The molecule has 30 heavy (non-hydrogen) atoms. The molecule has 0 spiro atoms. The molecule has 0 fully saturated rings. The zero-order valence-corrected chi connectivity index (χ0v) is 17.0. The summed E-state index contributed by atoms with van der Waals surface area (Å²) in [4.78, 5) is 24.6. The van der Waals surface area contributed by atoms with Crippen LogP contribution in [0.2, 0.25) is 0 Å². The van der Waals surface area contributed by atoms with E-state index in [0.717, 1.165) is 0 Å². The van der Waals surface area contributed by atoms with Crippen molar-refractivity contribution in [2.75, 3.05) is 12.3 Å². The largest absolute Gasteiger partial charge is 0.435 e. The Morgan fingerprint density at radius 3 is 2.60 bits per heavy atom. The minimum atomic E-state index is -4.06. The van der Waals surface area contributed by atoms with Crippen LogP contribution in [-0.2, 0) is 20.4 Å². The number of halogens is 2. The predicted octanol–water partition coefficient (Wildman–Crippen LogP) is 1.70. The molecule has 1 aromatic carbocycles. The molecule has 8 nitrogen and oxygen atoms in total. The molecular formula is C18H17F2N3O5S2. The summed E-state index contributed by atoms with van der Waals surface area (Å²) in [6.45, 7) is -3.52. The van der Waals surface area contributed by atoms with Gasteiger partial charge in [0.1, 0.15) is 18.3 Å². The smallest absolute Gasteiger partial charge is 0.387 e. The lowest BCUT2D eigenvalue weighted by Crippen LogP contribution is -2.50. The summed E-state index contributed by atoms with van der Waals surface area (Å²) in [5, 5.41) is 16.3. The first-order valence-electron chi connectivity index (χ1n) is 8.42. The van der Waals surface area contributed by atoms with Gasteiger partial charge in [0.05, 0.1) is 23.1 Å². The van der Waals surface area contributed by atoms with Crippen molar-refractivity contribution >= 4 is 33.0 Å². The Morgan fingerprint density at radius 1 is 1.23 bits per heavy atom. The molecule has 0 saturated carbocycles. The SMILES string of the molecule is N#CCNC(=O)C(CS(=O)(=O)Cc1ccccc1OC(F)F)NC(=O)c1ccsc1. The maximum absolute atomic E-state index is 12.7. The monoisotopic (exact) mass is 457 g/mol. The Kier molecular flexibility index (Phi) is 8.25. The molecule has 1 heterocycles. The van der Waals surface area contributed by atoms with Crippen LogP contribution in [0.4, 0.5) is 8.78 Å². The second kappa shape index (κ2) is 10.7. The molecule has 0 bridgehead atoms. The van der Waals surface area contributed by atoms with Crippen LogP contribution in [0.15, 0.2) is 41.1 Å². The highest BCUT2D eigenvalue weighted by Crippen LogP contribution is 2.23. The number of nitrogens with zero attached hydrogens (tertiary/aromatic N) is 1. The van der Waals surface area contributed by atoms with E-state index in [1.807, 2.05) is 0 Å². The first-order chi connectivity index (χ1) is 14.2. The molecule has 0 aliphatic rings. The number of rotatable bonds is 10. The highest BCUT2D eigenvalue weighted by atomic mass is 32.2. The summed E-state index contributed by atoms with van der Waals surface area (Å²) in [7, 11) is -4.06. The third-order valence-electron chi connectivity index (χ3n) is 3.73. The van der Waals surface area contributed by atoms with Gasteiger partial charge in [0.25, 0.3) is 5.91 Å². The van der Waals surface area contributed by atoms with Crippen LogP contribution in [-0.4, -0.2) is 45.2 Å². The number of thiophene rings is 1. The van der Waals surface area contributed by atoms with E-state index in [4.69, 9.17) is 5.26 Å². The first kappa shape index (κ1) is 23.2. The van der Waals surface area contributed by atoms with Gasteiger partial charge < -0.3 is 15.4 Å². The molecule has 2 amide bonds. The third kappa shape index (κ3) is 7.09. The van der Waals surface area contributed by atoms with Gasteiger partial charge in [-0.05, 0) is 17.5 Å². The van der Waals surface area contributed by atoms with Gasteiger partial charge in [-0.3, -0.25) is 9.59 Å². The normalized spacial score (nSPS) is 12.1. The second-order valence-corrected chi connectivity index (χ2v) is 8.84. The Morgan fingerprint density at radius 2 is 1.97 bits per heavy atom. The fourth-order valence-electron chi connectivity index (χ4n) is 2.45. The molecule has 0 aliphatic heterocycles. The molecule has 2 rings (SSSR count). The average Bonchev–Trinajstić information content (AvgIpc) is 3.21. The summed E-state index contributed by atoms with van der Waals surface area (Å²) in [5.41, 5.74) is 0.226. The average molecular weight is 457 g/mol. The van der Waals surface area contributed by atoms with E-state index in [9.17, 15) is 26.8 Å². The number of sulfone groups is 1. The Hall–Kier alpha value is -3.04. The molecule has 2 aromatic rings. The third-order valence-corrected chi connectivity index (χ3v) is 6.01. The molecular weight excluding hydrogens is 440 g/mol. The lowest BCUT2D eigenvalue weighted by Gasteiger charge is -2.18. The van der Waals surface area contributed by atoms with E-state index in [1.165, 1.54) is 47.0 Å². The number of benzene rings is 1. The fraction of sp³-hybridized carbons (Fsp3) is 0.278. The van der Waals surface area contributed by atoms with Gasteiger partial charge in [0.15, 0.2) is 9.84 Å². The van der Waals surface area contributed by atoms with Crippen LogP contribution in [0.3, 0.4) is 0 Å². The van der Waals surface area contributed by atoms with Crippen molar-refractivity contribution in [2.45, 2.75) is 18.4 Å². The summed E-state index contributed by atoms with van der Waals surface area (Å²) in [6.07, 6.45) is 0. The standard InChI is InChI=1S/C18H17F2N3O5S2/c19-18(20)28-15-4-2-1-3-13(15)10-30(26,27)11-14(17(25)22-7-6-21)23-16(24)12-5-8-29-9-12/h1-5,8-9,14,18H,7,10-11H2,(H,22,25)(H,23,24). The molecule has 0 saturated heterocycles. The second-order valence-electron chi connectivity index (χ2n) is 5.95. The maximum atomic E-state index is 12.7. The first-order valence-corrected chi connectivity index (χ1v) is 11.2. The van der Waals surface area contributed by atoms with Crippen LogP contribution in [0.5, 0.6) is 5.75 Å². The van der Waals surface area contributed by atoms with Crippen molar-refractivity contribution in [3.8, 4) is 11.8 Å². The van der Waals surface area contributed by atoms with Crippen LogP contribution in [0.1, 0.15) is 15.9 Å². The van der Waals surface area contributed by atoms with Crippen LogP contribution in [0.25, 0.3) is 0 Å². The van der Waals surface area contributed by atoms with E-state index < -0.39 is 45.8 Å². The van der Waals surface area contributed by atoms with E-state index in [0.29, 0.717) is 0 Å². The van der Waals surface area contributed by atoms with E-state index in [-0.39, 0.29) is 23.4 Å². The zero-order chi connectivity index (χ0) is 22.1. The van der Waals surface area contributed by atoms with E-state index >= 15 is 0 Å². The molecule has 1 atom stereocenters. The van der Waals surface area contributed by atoms with Crippen molar-refractivity contribution < 1.29 is 31.5 Å². The lowest BCUT2D eigenvalue weighted by atomic mass is 10.2. The molecule has 0 radical (unpaired) electrons. The van der Waals surface area contributed by atoms with E-state index in [1.54, 1.807) is 11.4 Å². The number of amides is 2. The Balaban J connectivity index is 2.19. The van der Waals surface area contributed by atoms with Crippen molar-refractivity contribution in [3.05, 3.63) is 52.2 Å². The van der Waals surface area contributed by atoms with Gasteiger partial charge in [0.2, 0.25) is 5.91 Å². The summed E-state index contributed by atoms with van der Waals surface area (Å²) < 4.78 is 54.7. The number of nitrogens with one attached hydrogen (secondary N) is 2. The van der Waals surface area contributed by atoms with Crippen LogP contribution in [0, 0.1) is 11.3 Å². The van der Waals surface area contributed by atoms with Crippen molar-refractivity contribution in [2.24, 2.45) is 0 Å². The van der Waals surface area contributed by atoms with Crippen LogP contribution < -0.4 is 15.4 Å². The van der Waals surface area contributed by atoms with Gasteiger partial charge in [0, 0.05) is 10.9 Å². The predicted molar refractivity (Wildman–Crippen MR) is 105 cm³/mol. The highest BCUT2D eigenvalue weighted by molar-refractivity contribution is 7.90. The molecule has 1 unspecified atom stereocenters. The quantitative estimate of drug-likeness (QED) is 0.523. The van der Waals surface area contributed by atoms with Crippen LogP contribution >= 0.6 is 11.3 Å². The number of alkyl halides is 2. The topological polar surface area (TPSA) is 125 Å². The van der Waals surface area contributed by atoms with Crippen molar-refractivity contribution in [3.63, 3.8) is 0 Å². The molecule has 2 N–H and O–H groups in total. The van der Waals surface area contributed by atoms with Gasteiger partial charge in [-0.15, -0.1) is 0 Å². The number of carbonyl (C=O) groups is 2. The Labute approximate surface area is 175 Å². The molecule has 12 heteroatoms. The highest BCUT2D eigenvalue weighted by Gasteiger charge is 2.28. The lowest BCUT2D eigenvalue weighted by molar-refractivity contribution is -0.122. The molecule has 160 valence electrons. The summed E-state index contributed by atoms with van der Waals surface area (Å²) >= 11 is 1.24. The van der Waals surface area contributed by atoms with Crippen molar-refractivity contribution in [1.82, 2.24) is 10.6 Å². The van der Waals surface area contributed by atoms with Gasteiger partial charge in [-0.25, -0.2) is 8.42 Å². The minimum Gasteiger partial charge on any atom is -0.435 e. The number of carbonyl (C=O) groups excluding carboxylic acids is 2. The Bertz CT molecular complexity index is 1020. The number of hydrogen-bond acceptors (Lipinski definition) is 7. The zero-order valence-electron chi connectivity index (χ0n) is 15.4. The number of para-hydroxylation sites is 1. The van der Waals surface area contributed by atoms with Crippen molar-refractivity contribution in [1.29, 1.82) is 5.26 Å². The van der Waals surface area contributed by atoms with Gasteiger partial charge in [-0.2, -0.15) is 25.4 Å². The molecule has 1 aromatic heterocycles. The number of ether oxygens (including phenoxy) is 1. The number of nitriles is 1. The van der Waals surface area contributed by atoms with E-state index in [2.05, 4.69) is 15.4 Å². The summed E-state index contributed by atoms with van der Waals surface area (Å²) in [5.74, 6) is -3.32. The van der Waals surface area contributed by atoms with Gasteiger partial charge in [-0.1, -0.05) is 18.2 Å². The fourth-order valence-corrected chi connectivity index (χ4v) is 4.66.